The lowest BCUT2D eigenvalue weighted by molar-refractivity contribution is -0.123. The molecule has 5 nitrogen and oxygen atoms in total. The first kappa shape index (κ1) is 13.9. The van der Waals surface area contributed by atoms with Crippen LogP contribution in [0.2, 0.25) is 0 Å². The van der Waals surface area contributed by atoms with Crippen LogP contribution in [0, 0.1) is 17.8 Å². The first-order chi connectivity index (χ1) is 10.1. The van der Waals surface area contributed by atoms with Gasteiger partial charge in [0.25, 0.3) is 0 Å². The molecule has 2 amide bonds. The molecule has 112 valence electrons. The van der Waals surface area contributed by atoms with Crippen LogP contribution in [0.5, 0.6) is 5.75 Å². The summed E-state index contributed by atoms with van der Waals surface area (Å²) >= 11 is 0. The number of rotatable bonds is 3. The molecule has 0 aromatic heterocycles. The summed E-state index contributed by atoms with van der Waals surface area (Å²) in [4.78, 5) is 26.5. The molecule has 0 radical (unpaired) electrons. The van der Waals surface area contributed by atoms with Gasteiger partial charge >= 0.3 is 0 Å². The van der Waals surface area contributed by atoms with Crippen molar-refractivity contribution < 1.29 is 14.3 Å². The summed E-state index contributed by atoms with van der Waals surface area (Å²) in [5.74, 6) is 0.504. The zero-order chi connectivity index (χ0) is 15.1. The molecule has 1 aromatic rings. The molecule has 1 heterocycles. The molecule has 2 atom stereocenters. The number of imide groups is 1. The molecule has 1 aliphatic carbocycles. The van der Waals surface area contributed by atoms with Crippen molar-refractivity contribution in [1.82, 2.24) is 0 Å². The lowest BCUT2D eigenvalue weighted by Crippen LogP contribution is -2.32. The highest BCUT2D eigenvalue weighted by molar-refractivity contribution is 6.23. The average Bonchev–Trinajstić information content (AvgIpc) is 3.01. The minimum atomic E-state index is -0.173. The number of anilines is 2. The quantitative estimate of drug-likeness (QED) is 0.683. The molecule has 0 bridgehead atoms. The lowest BCUT2D eigenvalue weighted by atomic mass is 10.00. The number of hydrogen-bond donors (Lipinski definition) is 1. The molecule has 2 fully saturated rings. The lowest BCUT2D eigenvalue weighted by Gasteiger charge is -2.19. The van der Waals surface area contributed by atoms with E-state index in [0.717, 1.165) is 19.3 Å². The fraction of sp³-hybridized carbons (Fsp3) is 0.500. The SMILES string of the molecule is CCC1CC2C(=O)N(c3cc(OC)ccc3N)C(=O)C2C1. The van der Waals surface area contributed by atoms with Gasteiger partial charge in [-0.2, -0.15) is 0 Å². The van der Waals surface area contributed by atoms with Crippen LogP contribution in [0.1, 0.15) is 26.2 Å². The van der Waals surface area contributed by atoms with Crippen LogP contribution in [0.4, 0.5) is 11.4 Å². The molecule has 1 aromatic carbocycles. The Hall–Kier alpha value is -2.04. The molecule has 1 aliphatic heterocycles. The number of methoxy groups -OCH3 is 1. The molecule has 2 N–H and O–H groups in total. The van der Waals surface area contributed by atoms with Crippen molar-refractivity contribution >= 4 is 23.2 Å². The van der Waals surface area contributed by atoms with Gasteiger partial charge in [-0.15, -0.1) is 0 Å². The van der Waals surface area contributed by atoms with Crippen molar-refractivity contribution in [2.24, 2.45) is 17.8 Å². The fourth-order valence-corrected chi connectivity index (χ4v) is 3.54. The van der Waals surface area contributed by atoms with Gasteiger partial charge in [0.05, 0.1) is 30.3 Å². The molecular weight excluding hydrogens is 268 g/mol. The Balaban J connectivity index is 1.95. The largest absolute Gasteiger partial charge is 0.497 e. The Morgan fingerprint density at radius 3 is 2.38 bits per heavy atom. The van der Waals surface area contributed by atoms with Gasteiger partial charge in [0.1, 0.15) is 5.75 Å². The molecule has 5 heteroatoms. The van der Waals surface area contributed by atoms with Crippen molar-refractivity contribution in [2.45, 2.75) is 26.2 Å². The zero-order valence-corrected chi connectivity index (χ0v) is 12.3. The van der Waals surface area contributed by atoms with E-state index in [2.05, 4.69) is 6.92 Å². The Kier molecular flexibility index (Phi) is 3.35. The van der Waals surface area contributed by atoms with Crippen LogP contribution in [0.25, 0.3) is 0 Å². The van der Waals surface area contributed by atoms with Crippen LogP contribution in [-0.4, -0.2) is 18.9 Å². The van der Waals surface area contributed by atoms with Gasteiger partial charge < -0.3 is 10.5 Å². The van der Waals surface area contributed by atoms with E-state index in [0.29, 0.717) is 23.0 Å². The third-order valence-electron chi connectivity index (χ3n) is 4.79. The highest BCUT2D eigenvalue weighted by Crippen LogP contribution is 2.46. The number of nitrogens with zero attached hydrogens (tertiary/aromatic N) is 1. The van der Waals surface area contributed by atoms with E-state index in [-0.39, 0.29) is 23.7 Å². The number of nitrogen functional groups attached to an aromatic ring is 1. The fourth-order valence-electron chi connectivity index (χ4n) is 3.54. The molecule has 2 aliphatic rings. The first-order valence-corrected chi connectivity index (χ1v) is 7.38. The molecule has 1 saturated carbocycles. The van der Waals surface area contributed by atoms with Gasteiger partial charge in [0, 0.05) is 6.07 Å². The summed E-state index contributed by atoms with van der Waals surface area (Å²) < 4.78 is 5.16. The second-order valence-electron chi connectivity index (χ2n) is 5.90. The normalized spacial score (nSPS) is 28.1. The second-order valence-corrected chi connectivity index (χ2v) is 5.90. The van der Waals surface area contributed by atoms with Gasteiger partial charge in [-0.3, -0.25) is 9.59 Å². The number of benzene rings is 1. The maximum atomic E-state index is 12.6. The van der Waals surface area contributed by atoms with E-state index in [1.54, 1.807) is 25.3 Å². The van der Waals surface area contributed by atoms with E-state index >= 15 is 0 Å². The Bertz CT molecular complexity index is 575. The summed E-state index contributed by atoms with van der Waals surface area (Å²) in [6.07, 6.45) is 2.65. The monoisotopic (exact) mass is 288 g/mol. The molecule has 0 spiro atoms. The van der Waals surface area contributed by atoms with Crippen LogP contribution >= 0.6 is 0 Å². The minimum Gasteiger partial charge on any atom is -0.497 e. The second kappa shape index (κ2) is 5.06. The van der Waals surface area contributed by atoms with E-state index in [4.69, 9.17) is 10.5 Å². The third-order valence-corrected chi connectivity index (χ3v) is 4.79. The maximum absolute atomic E-state index is 12.6. The minimum absolute atomic E-state index is 0.110. The predicted octanol–water partition coefficient (Wildman–Crippen LogP) is 2.20. The van der Waals surface area contributed by atoms with Crippen molar-refractivity contribution in [3.05, 3.63) is 18.2 Å². The number of carbonyl (C=O) groups excluding carboxylic acids is 2. The summed E-state index contributed by atoms with van der Waals surface area (Å²) in [5, 5.41) is 0. The van der Waals surface area contributed by atoms with Crippen LogP contribution in [0.3, 0.4) is 0 Å². The van der Waals surface area contributed by atoms with Gasteiger partial charge in [0.2, 0.25) is 11.8 Å². The zero-order valence-electron chi connectivity index (χ0n) is 12.3. The Labute approximate surface area is 124 Å². The van der Waals surface area contributed by atoms with Crippen molar-refractivity contribution in [3.63, 3.8) is 0 Å². The highest BCUT2D eigenvalue weighted by Gasteiger charge is 2.53. The number of hydrogen-bond acceptors (Lipinski definition) is 4. The van der Waals surface area contributed by atoms with Gasteiger partial charge in [-0.05, 0) is 30.9 Å². The highest BCUT2D eigenvalue weighted by atomic mass is 16.5. The summed E-state index contributed by atoms with van der Waals surface area (Å²) in [6, 6.07) is 5.04. The third kappa shape index (κ3) is 2.07. The van der Waals surface area contributed by atoms with E-state index in [9.17, 15) is 9.59 Å². The number of ether oxygens (including phenoxy) is 1. The average molecular weight is 288 g/mol. The molecule has 21 heavy (non-hydrogen) atoms. The van der Waals surface area contributed by atoms with Crippen molar-refractivity contribution in [3.8, 4) is 5.75 Å². The van der Waals surface area contributed by atoms with E-state index in [1.165, 1.54) is 4.90 Å². The van der Waals surface area contributed by atoms with Gasteiger partial charge in [-0.25, -0.2) is 4.90 Å². The smallest absolute Gasteiger partial charge is 0.237 e. The summed E-state index contributed by atoms with van der Waals surface area (Å²) in [7, 11) is 1.55. The van der Waals surface area contributed by atoms with Crippen molar-refractivity contribution in [1.29, 1.82) is 0 Å². The first-order valence-electron chi connectivity index (χ1n) is 7.38. The van der Waals surface area contributed by atoms with Gasteiger partial charge in [-0.1, -0.05) is 13.3 Å². The van der Waals surface area contributed by atoms with Crippen LogP contribution < -0.4 is 15.4 Å². The van der Waals surface area contributed by atoms with E-state index in [1.807, 2.05) is 0 Å². The van der Waals surface area contributed by atoms with Crippen molar-refractivity contribution in [2.75, 3.05) is 17.7 Å². The Morgan fingerprint density at radius 2 is 1.86 bits per heavy atom. The van der Waals surface area contributed by atoms with Gasteiger partial charge in [0.15, 0.2) is 0 Å². The molecule has 3 rings (SSSR count). The topological polar surface area (TPSA) is 72.6 Å². The number of fused-ring (bicyclic) bond motifs is 1. The number of amides is 2. The standard InChI is InChI=1S/C16H20N2O3/c1-3-9-6-11-12(7-9)16(20)18(15(11)19)14-8-10(21-2)4-5-13(14)17/h4-5,8-9,11-12H,3,6-7,17H2,1-2H3. The maximum Gasteiger partial charge on any atom is 0.237 e. The summed E-state index contributed by atoms with van der Waals surface area (Å²) in [5.41, 5.74) is 6.82. The number of nitrogens with two attached hydrogens (primary N) is 1. The molecule has 2 unspecified atom stereocenters. The van der Waals surface area contributed by atoms with Crippen LogP contribution in [0.15, 0.2) is 18.2 Å². The Morgan fingerprint density at radius 1 is 1.24 bits per heavy atom. The number of carbonyl (C=O) groups is 2. The van der Waals surface area contributed by atoms with E-state index < -0.39 is 0 Å². The molecule has 1 saturated heterocycles. The summed E-state index contributed by atoms with van der Waals surface area (Å²) in [6.45, 7) is 2.11. The predicted molar refractivity (Wildman–Crippen MR) is 79.9 cm³/mol. The van der Waals surface area contributed by atoms with Crippen LogP contribution in [-0.2, 0) is 9.59 Å². The molecular formula is C16H20N2O3.